The summed E-state index contributed by atoms with van der Waals surface area (Å²) in [5.41, 5.74) is 1.24. The first-order valence-corrected chi connectivity index (χ1v) is 5.65. The van der Waals surface area contributed by atoms with E-state index in [2.05, 4.69) is 24.4 Å². The number of halogens is 1. The minimum atomic E-state index is 0.0211. The number of hydrogen-bond donors (Lipinski definition) is 1. The number of carbonyl (C=O) groups is 1. The van der Waals surface area contributed by atoms with Crippen molar-refractivity contribution >= 4 is 17.5 Å². The lowest BCUT2D eigenvalue weighted by molar-refractivity contribution is -0.120. The molecule has 0 spiro atoms. The van der Waals surface area contributed by atoms with Gasteiger partial charge in [-0.15, -0.1) is 11.6 Å². The molecule has 1 unspecified atom stereocenters. The molecule has 1 rings (SSSR count). The van der Waals surface area contributed by atoms with Gasteiger partial charge in [0, 0.05) is 18.8 Å². The molecule has 2 nitrogen and oxygen atoms in total. The summed E-state index contributed by atoms with van der Waals surface area (Å²) in [6.45, 7) is 2.76. The summed E-state index contributed by atoms with van der Waals surface area (Å²) < 4.78 is 0. The highest BCUT2D eigenvalue weighted by Gasteiger charge is 2.06. The second kappa shape index (κ2) is 6.46. The number of alkyl halides is 1. The lowest BCUT2D eigenvalue weighted by atomic mass is 10.0. The van der Waals surface area contributed by atoms with E-state index in [0.717, 1.165) is 0 Å². The van der Waals surface area contributed by atoms with Crippen LogP contribution in [0.25, 0.3) is 0 Å². The second-order valence-electron chi connectivity index (χ2n) is 3.55. The van der Waals surface area contributed by atoms with Gasteiger partial charge in [-0.1, -0.05) is 37.3 Å². The topological polar surface area (TPSA) is 29.1 Å². The van der Waals surface area contributed by atoms with Crippen LogP contribution in [0.15, 0.2) is 30.3 Å². The van der Waals surface area contributed by atoms with Crippen LogP contribution in [-0.2, 0) is 4.79 Å². The van der Waals surface area contributed by atoms with Crippen molar-refractivity contribution < 1.29 is 4.79 Å². The molecule has 0 aliphatic rings. The molecular formula is C12H16ClNO. The summed E-state index contributed by atoms with van der Waals surface area (Å²) in [5, 5.41) is 2.86. The Morgan fingerprint density at radius 2 is 2.07 bits per heavy atom. The molecule has 0 saturated heterocycles. The Morgan fingerprint density at radius 1 is 1.40 bits per heavy atom. The summed E-state index contributed by atoms with van der Waals surface area (Å²) in [7, 11) is 0. The van der Waals surface area contributed by atoms with Gasteiger partial charge in [-0.05, 0) is 11.5 Å². The molecular weight excluding hydrogens is 210 g/mol. The summed E-state index contributed by atoms with van der Waals surface area (Å²) in [5.74, 6) is 0.740. The Kier molecular flexibility index (Phi) is 5.19. The first-order chi connectivity index (χ1) is 7.24. The molecule has 0 aromatic heterocycles. The molecule has 0 aliphatic carbocycles. The molecule has 3 heteroatoms. The Bertz CT molecular complexity index is 300. The molecule has 0 heterocycles. The van der Waals surface area contributed by atoms with Crippen molar-refractivity contribution in [1.82, 2.24) is 5.32 Å². The summed E-state index contributed by atoms with van der Waals surface area (Å²) in [6.07, 6.45) is 0.392. The minimum absolute atomic E-state index is 0.0211. The van der Waals surface area contributed by atoms with E-state index in [9.17, 15) is 4.79 Å². The number of benzene rings is 1. The van der Waals surface area contributed by atoms with Crippen LogP contribution in [0.4, 0.5) is 0 Å². The van der Waals surface area contributed by atoms with Crippen molar-refractivity contribution in [1.29, 1.82) is 0 Å². The van der Waals surface area contributed by atoms with Crippen LogP contribution < -0.4 is 5.32 Å². The predicted octanol–water partition coefficient (Wildman–Crippen LogP) is 2.54. The van der Waals surface area contributed by atoms with E-state index >= 15 is 0 Å². The SMILES string of the molecule is CC(CNC(=O)CCCl)c1ccccc1. The average molecular weight is 226 g/mol. The van der Waals surface area contributed by atoms with E-state index in [4.69, 9.17) is 11.6 Å². The molecule has 1 amide bonds. The van der Waals surface area contributed by atoms with Gasteiger partial charge < -0.3 is 5.32 Å². The van der Waals surface area contributed by atoms with Gasteiger partial charge in [-0.3, -0.25) is 4.79 Å². The molecule has 1 atom stereocenters. The monoisotopic (exact) mass is 225 g/mol. The van der Waals surface area contributed by atoms with Gasteiger partial charge in [0.2, 0.25) is 5.91 Å². The highest BCUT2D eigenvalue weighted by molar-refractivity contribution is 6.18. The minimum Gasteiger partial charge on any atom is -0.355 e. The van der Waals surface area contributed by atoms with Gasteiger partial charge in [0.15, 0.2) is 0 Å². The Morgan fingerprint density at radius 3 is 2.67 bits per heavy atom. The van der Waals surface area contributed by atoms with Crippen LogP contribution >= 0.6 is 11.6 Å². The van der Waals surface area contributed by atoms with Crippen molar-refractivity contribution in [3.05, 3.63) is 35.9 Å². The van der Waals surface area contributed by atoms with Gasteiger partial charge >= 0.3 is 0 Å². The zero-order valence-corrected chi connectivity index (χ0v) is 9.63. The molecule has 1 aromatic carbocycles. The largest absolute Gasteiger partial charge is 0.355 e. The average Bonchev–Trinajstić information content (AvgIpc) is 2.27. The zero-order valence-electron chi connectivity index (χ0n) is 8.87. The number of nitrogens with one attached hydrogen (secondary N) is 1. The maximum atomic E-state index is 11.2. The molecule has 0 saturated carbocycles. The van der Waals surface area contributed by atoms with Crippen LogP contribution in [0.3, 0.4) is 0 Å². The lowest BCUT2D eigenvalue weighted by Gasteiger charge is -2.12. The second-order valence-corrected chi connectivity index (χ2v) is 3.93. The fourth-order valence-electron chi connectivity index (χ4n) is 1.34. The van der Waals surface area contributed by atoms with Crippen LogP contribution in [0.2, 0.25) is 0 Å². The number of hydrogen-bond acceptors (Lipinski definition) is 1. The highest BCUT2D eigenvalue weighted by atomic mass is 35.5. The van der Waals surface area contributed by atoms with Crippen LogP contribution in [0, 0.1) is 0 Å². The van der Waals surface area contributed by atoms with Crippen LogP contribution in [0.5, 0.6) is 0 Å². The van der Waals surface area contributed by atoms with Crippen LogP contribution in [0.1, 0.15) is 24.8 Å². The van der Waals surface area contributed by atoms with E-state index in [0.29, 0.717) is 24.8 Å². The maximum Gasteiger partial charge on any atom is 0.221 e. The normalized spacial score (nSPS) is 12.1. The fraction of sp³-hybridized carbons (Fsp3) is 0.417. The third-order valence-corrected chi connectivity index (χ3v) is 2.48. The van der Waals surface area contributed by atoms with E-state index in [1.54, 1.807) is 0 Å². The highest BCUT2D eigenvalue weighted by Crippen LogP contribution is 2.12. The van der Waals surface area contributed by atoms with E-state index in [-0.39, 0.29) is 5.91 Å². The van der Waals surface area contributed by atoms with E-state index < -0.39 is 0 Å². The molecule has 82 valence electrons. The molecule has 0 radical (unpaired) electrons. The Hall–Kier alpha value is -1.02. The Labute approximate surface area is 95.6 Å². The number of amides is 1. The van der Waals surface area contributed by atoms with Crippen molar-refractivity contribution in [2.75, 3.05) is 12.4 Å². The maximum absolute atomic E-state index is 11.2. The third kappa shape index (κ3) is 4.34. The third-order valence-electron chi connectivity index (χ3n) is 2.30. The van der Waals surface area contributed by atoms with Gasteiger partial charge in [-0.2, -0.15) is 0 Å². The van der Waals surface area contributed by atoms with Crippen molar-refractivity contribution in [3.63, 3.8) is 0 Å². The molecule has 1 aromatic rings. The molecule has 1 N–H and O–H groups in total. The molecule has 0 aliphatic heterocycles. The van der Waals surface area contributed by atoms with Crippen molar-refractivity contribution in [2.24, 2.45) is 0 Å². The molecule has 0 bridgehead atoms. The number of rotatable bonds is 5. The molecule has 15 heavy (non-hydrogen) atoms. The van der Waals surface area contributed by atoms with E-state index in [1.165, 1.54) is 5.56 Å². The zero-order chi connectivity index (χ0) is 11.1. The summed E-state index contributed by atoms with van der Waals surface area (Å²) >= 11 is 5.47. The standard InChI is InChI=1S/C12H16ClNO/c1-10(9-14-12(15)7-8-13)11-5-3-2-4-6-11/h2-6,10H,7-9H2,1H3,(H,14,15). The first kappa shape index (κ1) is 12.1. The fourth-order valence-corrected chi connectivity index (χ4v) is 1.51. The summed E-state index contributed by atoms with van der Waals surface area (Å²) in [4.78, 5) is 11.2. The first-order valence-electron chi connectivity index (χ1n) is 5.11. The lowest BCUT2D eigenvalue weighted by Crippen LogP contribution is -2.27. The Balaban J connectivity index is 2.37. The van der Waals surface area contributed by atoms with E-state index in [1.807, 2.05) is 18.2 Å². The van der Waals surface area contributed by atoms with Crippen molar-refractivity contribution in [2.45, 2.75) is 19.3 Å². The van der Waals surface area contributed by atoms with Crippen molar-refractivity contribution in [3.8, 4) is 0 Å². The van der Waals surface area contributed by atoms with Gasteiger partial charge in [0.25, 0.3) is 0 Å². The quantitative estimate of drug-likeness (QED) is 0.767. The van der Waals surface area contributed by atoms with Gasteiger partial charge in [0.05, 0.1) is 0 Å². The van der Waals surface area contributed by atoms with Gasteiger partial charge in [0.1, 0.15) is 0 Å². The molecule has 0 fully saturated rings. The van der Waals surface area contributed by atoms with Gasteiger partial charge in [-0.25, -0.2) is 0 Å². The van der Waals surface area contributed by atoms with Crippen LogP contribution in [-0.4, -0.2) is 18.3 Å². The number of carbonyl (C=O) groups excluding carboxylic acids is 1. The smallest absolute Gasteiger partial charge is 0.221 e. The predicted molar refractivity (Wildman–Crippen MR) is 63.2 cm³/mol. The summed E-state index contributed by atoms with van der Waals surface area (Å²) in [6, 6.07) is 10.1.